The van der Waals surface area contributed by atoms with Crippen molar-refractivity contribution in [3.05, 3.63) is 0 Å². The van der Waals surface area contributed by atoms with Crippen molar-refractivity contribution in [2.75, 3.05) is 405 Å². The van der Waals surface area contributed by atoms with Crippen molar-refractivity contribution in [3.8, 4) is 0 Å². The van der Waals surface area contributed by atoms with Gasteiger partial charge < -0.3 is 175 Å². The third kappa shape index (κ3) is 100. The first-order chi connectivity index (χ1) is 62.3. The van der Waals surface area contributed by atoms with Crippen molar-refractivity contribution >= 4 is 53.4 Å². The third-order valence-corrected chi connectivity index (χ3v) is 15.2. The number of nitrogens with one attached hydrogen (secondary N) is 9. The zero-order chi connectivity index (χ0) is 94.0. The zero-order valence-corrected chi connectivity index (χ0v) is 77.5. The van der Waals surface area contributed by atoms with Crippen molar-refractivity contribution in [2.24, 2.45) is 5.92 Å². The molecule has 47 heteroatoms. The fourth-order valence-electron chi connectivity index (χ4n) is 8.98. The Bertz CT molecular complexity index is 2340. The molecule has 0 fully saturated rings. The SMILES string of the molecule is COCC(=O)NCCC(=O)NCCCCONC(=O)OC(C)(C)C.COCCOCCOCC(=O)NCCOCCOCC(COCCOCCNC(=O)COCCOCCOC)OCC(=O)NCCOCCOCC(C)COCCOCCNC(=O)COC(COCCOCCNC(=O)COCCOCCOC)COCCOCCNC(=O)COCCOCCOC. The van der Waals surface area contributed by atoms with Crippen molar-refractivity contribution in [1.82, 2.24) is 48.0 Å². The molecule has 0 saturated heterocycles. The van der Waals surface area contributed by atoms with Crippen molar-refractivity contribution in [3.63, 3.8) is 0 Å². The number of rotatable bonds is 97. The molecule has 0 rings (SSSR count). The van der Waals surface area contributed by atoms with E-state index in [2.05, 4.69) is 52.8 Å². The highest BCUT2D eigenvalue weighted by atomic mass is 16.7. The summed E-state index contributed by atoms with van der Waals surface area (Å²) < 4.78 is 151. The molecule has 0 aromatic carbocycles. The van der Waals surface area contributed by atoms with Gasteiger partial charge in [0.25, 0.3) is 0 Å². The minimum Gasteiger partial charge on any atom is -0.442 e. The molecule has 0 aliphatic carbocycles. The van der Waals surface area contributed by atoms with Gasteiger partial charge in [-0.15, -0.1) is 0 Å². The van der Waals surface area contributed by atoms with E-state index in [1.807, 2.05) is 6.92 Å². The van der Waals surface area contributed by atoms with E-state index in [9.17, 15) is 43.2 Å². The summed E-state index contributed by atoms with van der Waals surface area (Å²) in [4.78, 5) is 112. The predicted octanol–water partition coefficient (Wildman–Crippen LogP) is -3.50. The average Bonchev–Trinajstić information content (AvgIpc) is 0.946. The van der Waals surface area contributed by atoms with E-state index in [0.29, 0.717) is 171 Å². The molecular formula is C81H157N9O38. The Balaban J connectivity index is 0. The minimum atomic E-state index is -0.633. The van der Waals surface area contributed by atoms with Crippen LogP contribution in [0.1, 0.15) is 47.0 Å². The van der Waals surface area contributed by atoms with E-state index < -0.39 is 23.9 Å². The van der Waals surface area contributed by atoms with E-state index in [1.54, 1.807) is 49.2 Å². The van der Waals surface area contributed by atoms with Crippen LogP contribution in [0.15, 0.2) is 0 Å². The van der Waals surface area contributed by atoms with Crippen molar-refractivity contribution in [1.29, 1.82) is 0 Å². The molecule has 0 heterocycles. The van der Waals surface area contributed by atoms with Gasteiger partial charge in [0.05, 0.1) is 271 Å². The molecular weight excluding hydrogens is 1710 g/mol. The number of amides is 9. The summed E-state index contributed by atoms with van der Waals surface area (Å²) in [5, 5.41) is 21.7. The topological polar surface area (TPSA) is 530 Å². The first kappa shape index (κ1) is 124. The lowest BCUT2D eigenvalue weighted by molar-refractivity contribution is -0.133. The van der Waals surface area contributed by atoms with Gasteiger partial charge in [-0.05, 0) is 33.6 Å². The summed E-state index contributed by atoms with van der Waals surface area (Å²) in [6.45, 7) is 21.6. The summed E-state index contributed by atoms with van der Waals surface area (Å²) in [7, 11) is 7.78. The van der Waals surface area contributed by atoms with E-state index in [4.69, 9.17) is 133 Å². The van der Waals surface area contributed by atoms with E-state index >= 15 is 0 Å². The normalized spacial score (nSPS) is 11.4. The number of ether oxygens (including phenoxy) is 28. The molecule has 9 amide bonds. The first-order valence-corrected chi connectivity index (χ1v) is 43.3. The second-order valence-corrected chi connectivity index (χ2v) is 27.9. The maximum absolute atomic E-state index is 12.7. The molecule has 9 N–H and O–H groups in total. The number of methoxy groups -OCH3 is 5. The maximum Gasteiger partial charge on any atom is 0.431 e. The highest BCUT2D eigenvalue weighted by Gasteiger charge is 2.19. The molecule has 0 spiro atoms. The van der Waals surface area contributed by atoms with E-state index in [1.165, 1.54) is 7.11 Å². The summed E-state index contributed by atoms with van der Waals surface area (Å²) in [5.41, 5.74) is 1.62. The molecule has 0 saturated carbocycles. The van der Waals surface area contributed by atoms with Gasteiger partial charge in [0.2, 0.25) is 47.3 Å². The Morgan fingerprint density at radius 3 is 0.766 bits per heavy atom. The van der Waals surface area contributed by atoms with Crippen LogP contribution in [0.2, 0.25) is 0 Å². The number of carbonyl (C=O) groups excluding carboxylic acids is 9. The van der Waals surface area contributed by atoms with Gasteiger partial charge in [0.15, 0.2) is 0 Å². The lowest BCUT2D eigenvalue weighted by Crippen LogP contribution is -2.35. The maximum atomic E-state index is 12.7. The first-order valence-electron chi connectivity index (χ1n) is 43.3. The van der Waals surface area contributed by atoms with Crippen LogP contribution in [0.5, 0.6) is 0 Å². The quantitative estimate of drug-likeness (QED) is 0.0211. The molecule has 47 nitrogen and oxygen atoms in total. The van der Waals surface area contributed by atoms with Crippen LogP contribution in [0.3, 0.4) is 0 Å². The average molecular weight is 1870 g/mol. The molecule has 0 bridgehead atoms. The Morgan fingerprint density at radius 1 is 0.234 bits per heavy atom. The number of hydrogen-bond acceptors (Lipinski definition) is 38. The number of unbranched alkanes of at least 4 members (excludes halogenated alkanes) is 1. The molecule has 0 atom stereocenters. The second kappa shape index (κ2) is 98.4. The Kier molecular flexibility index (Phi) is 95.3. The molecule has 0 aromatic rings. The molecule has 128 heavy (non-hydrogen) atoms. The monoisotopic (exact) mass is 1860 g/mol. The molecule has 0 aliphatic rings. The molecule has 0 aliphatic heterocycles. The number of hydroxylamine groups is 1. The standard InChI is InChI=1S/C66H128N6O32.C15H29N3O6/c1-58(46-93-36-26-83-16-10-71-65(77)56-103-59(48-95-38-28-85-12-6-67-61(73)52-99-42-32-89-22-18-79-2)49-96-39-29-86-13-7-68-62(74)53-100-43-33-90-23-19-80-3)47-94-37-27-84-17-11-72-66(78)57-104-60(50-97-40-30-87-14-8-69-63(75)54-101-44-34-91-24-20-81-4)51-98-41-31-88-15-9-70-64(76)55-102-45-35-92-25-21-82-5;1-15(2,3)24-14(21)18-23-10-6-5-8-16-12(19)7-9-17-13(20)11-22-4/h58-60H,6-57H2,1-5H3,(H,67,73)(H,68,74)(H,69,75)(H,70,76)(H,71,77)(H,72,78);5-11H2,1-4H3,(H,16,19)(H,17,20)(H,18,21). The van der Waals surface area contributed by atoms with Crippen LogP contribution < -0.4 is 48.0 Å². The lowest BCUT2D eigenvalue weighted by atomic mass is 10.2. The van der Waals surface area contributed by atoms with E-state index in [-0.39, 0.29) is 271 Å². The summed E-state index contributed by atoms with van der Waals surface area (Å²) in [6.07, 6.45) is -0.240. The molecule has 0 aromatic heterocycles. The highest BCUT2D eigenvalue weighted by molar-refractivity contribution is 5.80. The largest absolute Gasteiger partial charge is 0.442 e. The van der Waals surface area contributed by atoms with Crippen LogP contribution >= 0.6 is 0 Å². The Hall–Kier alpha value is -6.09. The Morgan fingerprint density at radius 2 is 0.477 bits per heavy atom. The van der Waals surface area contributed by atoms with Gasteiger partial charge in [-0.3, -0.25) is 43.2 Å². The van der Waals surface area contributed by atoms with Crippen LogP contribution in [0, 0.1) is 5.92 Å². The number of carbonyl (C=O) groups is 9. The third-order valence-electron chi connectivity index (χ3n) is 15.2. The van der Waals surface area contributed by atoms with Crippen LogP contribution in [-0.2, 0) is 176 Å². The second-order valence-electron chi connectivity index (χ2n) is 27.9. The lowest BCUT2D eigenvalue weighted by Gasteiger charge is -2.19. The zero-order valence-electron chi connectivity index (χ0n) is 77.5. The van der Waals surface area contributed by atoms with Crippen LogP contribution in [-0.4, -0.2) is 476 Å². The van der Waals surface area contributed by atoms with Gasteiger partial charge >= 0.3 is 6.09 Å². The fourth-order valence-corrected chi connectivity index (χ4v) is 8.98. The van der Waals surface area contributed by atoms with Crippen molar-refractivity contribution in [2.45, 2.75) is 64.8 Å². The van der Waals surface area contributed by atoms with Crippen LogP contribution in [0.25, 0.3) is 0 Å². The molecule has 0 radical (unpaired) electrons. The van der Waals surface area contributed by atoms with Crippen LogP contribution in [0.4, 0.5) is 4.79 Å². The summed E-state index contributed by atoms with van der Waals surface area (Å²) in [5.74, 6) is -2.09. The Labute approximate surface area is 755 Å². The van der Waals surface area contributed by atoms with Gasteiger partial charge in [-0.1, -0.05) is 6.92 Å². The minimum absolute atomic E-state index is 0.0149. The van der Waals surface area contributed by atoms with E-state index in [0.717, 1.165) is 0 Å². The highest BCUT2D eigenvalue weighted by Crippen LogP contribution is 2.07. The number of hydrogen-bond donors (Lipinski definition) is 9. The summed E-state index contributed by atoms with van der Waals surface area (Å²) >= 11 is 0. The molecule has 0 unspecified atom stereocenters. The predicted molar refractivity (Wildman–Crippen MR) is 458 cm³/mol. The van der Waals surface area contributed by atoms with Crippen molar-refractivity contribution < 1.29 is 181 Å². The van der Waals surface area contributed by atoms with Gasteiger partial charge in [0, 0.05) is 100 Å². The smallest absolute Gasteiger partial charge is 0.431 e. The summed E-state index contributed by atoms with van der Waals surface area (Å²) in [6, 6.07) is 0. The van der Waals surface area contributed by atoms with Gasteiger partial charge in [0.1, 0.15) is 64.1 Å². The van der Waals surface area contributed by atoms with Gasteiger partial charge in [-0.2, -0.15) is 5.48 Å². The van der Waals surface area contributed by atoms with Gasteiger partial charge in [-0.25, -0.2) is 4.79 Å². The fraction of sp³-hybridized carbons (Fsp3) is 0.889. The molecule has 754 valence electrons.